The quantitative estimate of drug-likeness (QED) is 0.867. The van der Waals surface area contributed by atoms with Crippen molar-refractivity contribution in [1.29, 1.82) is 0 Å². The lowest BCUT2D eigenvalue weighted by Gasteiger charge is -2.15. The predicted octanol–water partition coefficient (Wildman–Crippen LogP) is 1.55. The van der Waals surface area contributed by atoms with E-state index in [0.29, 0.717) is 12.5 Å². The molecule has 0 bridgehead atoms. The molecule has 7 heteroatoms. The van der Waals surface area contributed by atoms with Crippen LogP contribution in [0.15, 0.2) is 18.2 Å². The average Bonchev–Trinajstić information content (AvgIpc) is 2.76. The zero-order valence-electron chi connectivity index (χ0n) is 10.9. The molecule has 0 amide bonds. The maximum Gasteiger partial charge on any atom is 0.215 e. The monoisotopic (exact) mass is 305 g/mol. The lowest BCUT2D eigenvalue weighted by molar-refractivity contribution is 0.134. The fraction of sp³-hybridized carbons (Fsp3) is 0.538. The van der Waals surface area contributed by atoms with Gasteiger partial charge in [0.1, 0.15) is 11.6 Å². The molecule has 4 nitrogen and oxygen atoms in total. The number of benzene rings is 1. The predicted molar refractivity (Wildman–Crippen MR) is 70.3 cm³/mol. The van der Waals surface area contributed by atoms with E-state index in [0.717, 1.165) is 25.0 Å². The Morgan fingerprint density at radius 2 is 2.05 bits per heavy atom. The van der Waals surface area contributed by atoms with Crippen molar-refractivity contribution in [2.75, 3.05) is 6.54 Å². The first-order valence-electron chi connectivity index (χ1n) is 6.47. The molecule has 2 rings (SSSR count). The second-order valence-corrected chi connectivity index (χ2v) is 6.91. The number of hydrogen-bond acceptors (Lipinski definition) is 3. The molecule has 112 valence electrons. The van der Waals surface area contributed by atoms with Crippen molar-refractivity contribution in [3.8, 4) is 0 Å². The molecule has 0 spiro atoms. The Morgan fingerprint density at radius 3 is 2.65 bits per heavy atom. The van der Waals surface area contributed by atoms with E-state index in [1.807, 2.05) is 0 Å². The van der Waals surface area contributed by atoms with Gasteiger partial charge in [0.05, 0.1) is 11.9 Å². The van der Waals surface area contributed by atoms with Crippen molar-refractivity contribution in [2.24, 2.45) is 5.92 Å². The van der Waals surface area contributed by atoms with Gasteiger partial charge in [-0.25, -0.2) is 21.9 Å². The van der Waals surface area contributed by atoms with Gasteiger partial charge in [-0.1, -0.05) is 12.5 Å². The minimum atomic E-state index is -3.70. The van der Waals surface area contributed by atoms with Crippen molar-refractivity contribution in [3.05, 3.63) is 35.4 Å². The smallest absolute Gasteiger partial charge is 0.215 e. The Balaban J connectivity index is 1.96. The normalized spacial score (nSPS) is 23.1. The molecule has 1 fully saturated rings. The topological polar surface area (TPSA) is 66.4 Å². The fourth-order valence-electron chi connectivity index (χ4n) is 2.38. The van der Waals surface area contributed by atoms with Gasteiger partial charge in [-0.05, 0) is 24.8 Å². The number of rotatable bonds is 5. The van der Waals surface area contributed by atoms with E-state index in [4.69, 9.17) is 0 Å². The highest BCUT2D eigenvalue weighted by atomic mass is 32.2. The first-order chi connectivity index (χ1) is 9.37. The number of sulfonamides is 1. The number of aliphatic hydroxyl groups is 1. The van der Waals surface area contributed by atoms with E-state index in [-0.39, 0.29) is 18.0 Å². The summed E-state index contributed by atoms with van der Waals surface area (Å²) in [6.07, 6.45) is 1.84. The lowest BCUT2D eigenvalue weighted by atomic mass is 10.1. The number of halogens is 2. The van der Waals surface area contributed by atoms with E-state index in [9.17, 15) is 22.3 Å². The molecule has 1 aromatic carbocycles. The summed E-state index contributed by atoms with van der Waals surface area (Å²) < 4.78 is 52.2. The van der Waals surface area contributed by atoms with Crippen LogP contribution in [0, 0.1) is 17.6 Å². The highest BCUT2D eigenvalue weighted by Gasteiger charge is 2.26. The van der Waals surface area contributed by atoms with Crippen molar-refractivity contribution < 1.29 is 22.3 Å². The van der Waals surface area contributed by atoms with Gasteiger partial charge in [0.25, 0.3) is 0 Å². The Hall–Kier alpha value is -1.05. The first kappa shape index (κ1) is 15.3. The standard InChI is InChI=1S/C13H17F2NO3S/c14-11-5-4-10(12(15)6-11)8-20(18,19)16-7-9-2-1-3-13(9)17/h4-6,9,13,16-17H,1-3,7-8H2. The number of aliphatic hydroxyl groups excluding tert-OH is 1. The highest BCUT2D eigenvalue weighted by molar-refractivity contribution is 7.88. The van der Waals surface area contributed by atoms with Crippen molar-refractivity contribution >= 4 is 10.0 Å². The van der Waals surface area contributed by atoms with Crippen LogP contribution in [-0.2, 0) is 15.8 Å². The molecule has 0 radical (unpaired) electrons. The van der Waals surface area contributed by atoms with E-state index < -0.39 is 33.5 Å². The number of hydrogen-bond donors (Lipinski definition) is 2. The largest absolute Gasteiger partial charge is 0.393 e. The Morgan fingerprint density at radius 1 is 1.30 bits per heavy atom. The minimum Gasteiger partial charge on any atom is -0.393 e. The van der Waals surface area contributed by atoms with E-state index in [1.54, 1.807) is 0 Å². The molecule has 0 aliphatic heterocycles. The van der Waals surface area contributed by atoms with Crippen molar-refractivity contribution in [1.82, 2.24) is 4.72 Å². The summed E-state index contributed by atoms with van der Waals surface area (Å²) in [7, 11) is -3.70. The second-order valence-electron chi connectivity index (χ2n) is 5.10. The average molecular weight is 305 g/mol. The van der Waals surface area contributed by atoms with Crippen LogP contribution in [0.25, 0.3) is 0 Å². The SMILES string of the molecule is O=S(=O)(Cc1ccc(F)cc1F)NCC1CCCC1O. The molecule has 2 N–H and O–H groups in total. The van der Waals surface area contributed by atoms with Crippen molar-refractivity contribution in [3.63, 3.8) is 0 Å². The van der Waals surface area contributed by atoms with Crippen LogP contribution in [0.4, 0.5) is 8.78 Å². The van der Waals surface area contributed by atoms with Crippen LogP contribution in [0.3, 0.4) is 0 Å². The molecule has 2 unspecified atom stereocenters. The Bertz CT molecular complexity index is 577. The van der Waals surface area contributed by atoms with Crippen LogP contribution in [0.2, 0.25) is 0 Å². The van der Waals surface area contributed by atoms with Gasteiger partial charge in [0.15, 0.2) is 0 Å². The third-order valence-electron chi connectivity index (χ3n) is 3.55. The van der Waals surface area contributed by atoms with Crippen molar-refractivity contribution in [2.45, 2.75) is 31.1 Å². The molecule has 20 heavy (non-hydrogen) atoms. The molecule has 1 aliphatic carbocycles. The summed E-state index contributed by atoms with van der Waals surface area (Å²) in [4.78, 5) is 0. The van der Waals surface area contributed by atoms with Gasteiger partial charge in [-0.15, -0.1) is 0 Å². The second kappa shape index (κ2) is 6.15. The van der Waals surface area contributed by atoms with Crippen LogP contribution in [0.1, 0.15) is 24.8 Å². The zero-order chi connectivity index (χ0) is 14.8. The summed E-state index contributed by atoms with van der Waals surface area (Å²) in [5, 5.41) is 9.61. The van der Waals surface area contributed by atoms with Gasteiger partial charge in [0, 0.05) is 18.2 Å². The summed E-state index contributed by atoms with van der Waals surface area (Å²) in [6.45, 7) is 0.145. The van der Waals surface area contributed by atoms with Gasteiger partial charge < -0.3 is 5.11 Å². The fourth-order valence-corrected chi connectivity index (χ4v) is 3.60. The lowest BCUT2D eigenvalue weighted by Crippen LogP contribution is -2.33. The van der Waals surface area contributed by atoms with Gasteiger partial charge >= 0.3 is 0 Å². The van der Waals surface area contributed by atoms with Crippen LogP contribution < -0.4 is 4.72 Å². The maximum atomic E-state index is 13.4. The van der Waals surface area contributed by atoms with E-state index >= 15 is 0 Å². The summed E-state index contributed by atoms with van der Waals surface area (Å²) in [5.74, 6) is -2.26. The minimum absolute atomic E-state index is 0.0779. The summed E-state index contributed by atoms with van der Waals surface area (Å²) in [5.41, 5.74) is -0.0779. The third kappa shape index (κ3) is 3.97. The summed E-state index contributed by atoms with van der Waals surface area (Å²) in [6, 6.07) is 2.80. The van der Waals surface area contributed by atoms with Gasteiger partial charge in [-0.2, -0.15) is 0 Å². The van der Waals surface area contributed by atoms with Crippen LogP contribution >= 0.6 is 0 Å². The maximum absolute atomic E-state index is 13.4. The summed E-state index contributed by atoms with van der Waals surface area (Å²) >= 11 is 0. The Kier molecular flexibility index (Phi) is 4.72. The van der Waals surface area contributed by atoms with Crippen LogP contribution in [0.5, 0.6) is 0 Å². The van der Waals surface area contributed by atoms with Gasteiger partial charge in [-0.3, -0.25) is 0 Å². The molecule has 1 aromatic rings. The number of nitrogens with one attached hydrogen (secondary N) is 1. The molecule has 0 aromatic heterocycles. The molecular formula is C13H17F2NO3S. The first-order valence-corrected chi connectivity index (χ1v) is 8.12. The molecule has 1 aliphatic rings. The van der Waals surface area contributed by atoms with E-state index in [2.05, 4.69) is 4.72 Å². The zero-order valence-corrected chi connectivity index (χ0v) is 11.7. The molecule has 0 heterocycles. The third-order valence-corrected chi connectivity index (χ3v) is 4.84. The molecule has 2 atom stereocenters. The highest BCUT2D eigenvalue weighted by Crippen LogP contribution is 2.25. The van der Waals surface area contributed by atoms with E-state index in [1.165, 1.54) is 0 Å². The molecular weight excluding hydrogens is 288 g/mol. The Labute approximate surface area is 116 Å². The van der Waals surface area contributed by atoms with Crippen LogP contribution in [-0.4, -0.2) is 26.2 Å². The molecule has 1 saturated carbocycles. The van der Waals surface area contributed by atoms with Gasteiger partial charge in [0.2, 0.25) is 10.0 Å². The molecule has 0 saturated heterocycles.